The van der Waals surface area contributed by atoms with Crippen molar-refractivity contribution in [3.05, 3.63) is 34.9 Å². The lowest BCUT2D eigenvalue weighted by Gasteiger charge is -2.36. The Morgan fingerprint density at radius 2 is 2.38 bits per heavy atom. The van der Waals surface area contributed by atoms with E-state index in [0.717, 1.165) is 40.7 Å². The molecule has 0 bridgehead atoms. The number of benzene rings is 1. The summed E-state index contributed by atoms with van der Waals surface area (Å²) in [7, 11) is 0. The Labute approximate surface area is 133 Å². The van der Waals surface area contributed by atoms with Gasteiger partial charge in [0.05, 0.1) is 23.3 Å². The van der Waals surface area contributed by atoms with Crippen LogP contribution in [0.25, 0.3) is 10.9 Å². The molecule has 0 saturated carbocycles. The van der Waals surface area contributed by atoms with Crippen LogP contribution >= 0.6 is 15.9 Å². The predicted molar refractivity (Wildman–Crippen MR) is 89.5 cm³/mol. The average Bonchev–Trinajstić information content (AvgIpc) is 3.02. The summed E-state index contributed by atoms with van der Waals surface area (Å²) in [6, 6.07) is 8.25. The molecule has 1 fully saturated rings. The van der Waals surface area contributed by atoms with E-state index in [4.69, 9.17) is 10.5 Å². The van der Waals surface area contributed by atoms with E-state index < -0.39 is 0 Å². The van der Waals surface area contributed by atoms with E-state index in [1.165, 1.54) is 0 Å². The maximum absolute atomic E-state index is 6.06. The van der Waals surface area contributed by atoms with Crippen LogP contribution in [0.1, 0.15) is 13.3 Å². The van der Waals surface area contributed by atoms with Crippen molar-refractivity contribution in [1.29, 1.82) is 0 Å². The molecule has 0 amide bonds. The number of anilines is 1. The van der Waals surface area contributed by atoms with Gasteiger partial charge in [0, 0.05) is 35.1 Å². The molecule has 2 heterocycles. The van der Waals surface area contributed by atoms with Crippen LogP contribution in [0.4, 0.5) is 5.69 Å². The van der Waals surface area contributed by atoms with Gasteiger partial charge in [-0.25, -0.2) is 0 Å². The van der Waals surface area contributed by atoms with Crippen LogP contribution in [-0.2, 0) is 4.74 Å². The highest BCUT2D eigenvalue weighted by Gasteiger charge is 2.35. The average molecular weight is 350 g/mol. The number of para-hydroxylation sites is 1. The van der Waals surface area contributed by atoms with Gasteiger partial charge in [-0.2, -0.15) is 0 Å². The van der Waals surface area contributed by atoms with Crippen molar-refractivity contribution in [1.82, 2.24) is 4.98 Å². The number of nitrogens with two attached hydrogens (primary N) is 1. The third-order valence-electron chi connectivity index (χ3n) is 4.35. The van der Waals surface area contributed by atoms with Gasteiger partial charge >= 0.3 is 0 Å². The normalized spacial score (nSPS) is 21.4. The molecule has 21 heavy (non-hydrogen) atoms. The molecule has 0 spiro atoms. The quantitative estimate of drug-likeness (QED) is 0.889. The van der Waals surface area contributed by atoms with Crippen molar-refractivity contribution in [2.24, 2.45) is 11.7 Å². The summed E-state index contributed by atoms with van der Waals surface area (Å²) in [4.78, 5) is 4.54. The van der Waals surface area contributed by atoms with Gasteiger partial charge in [0.1, 0.15) is 0 Å². The molecule has 4 nitrogen and oxygen atoms in total. The number of hydrogen-bond donors (Lipinski definition) is 2. The third-order valence-corrected chi connectivity index (χ3v) is 4.79. The number of halogens is 1. The first-order valence-electron chi connectivity index (χ1n) is 7.23. The first-order valence-corrected chi connectivity index (χ1v) is 8.02. The Bertz CT molecular complexity index is 642. The minimum atomic E-state index is -0.181. The van der Waals surface area contributed by atoms with Crippen molar-refractivity contribution in [3.63, 3.8) is 0 Å². The summed E-state index contributed by atoms with van der Waals surface area (Å²) in [5.74, 6) is 0.424. The number of nitrogens with zero attached hydrogens (tertiary/aromatic N) is 1. The molecule has 5 heteroatoms. The third kappa shape index (κ3) is 2.91. The molecule has 1 aromatic heterocycles. The number of pyridine rings is 1. The molecule has 2 aromatic rings. The van der Waals surface area contributed by atoms with Crippen LogP contribution in [0.2, 0.25) is 0 Å². The zero-order valence-corrected chi connectivity index (χ0v) is 13.7. The monoisotopic (exact) mass is 349 g/mol. The van der Waals surface area contributed by atoms with Crippen molar-refractivity contribution in [3.8, 4) is 0 Å². The Morgan fingerprint density at radius 3 is 3.10 bits per heavy atom. The maximum Gasteiger partial charge on any atom is 0.0934 e. The number of rotatable bonds is 4. The van der Waals surface area contributed by atoms with Crippen LogP contribution < -0.4 is 11.1 Å². The van der Waals surface area contributed by atoms with Crippen molar-refractivity contribution < 1.29 is 4.74 Å². The fourth-order valence-corrected chi connectivity index (χ4v) is 3.25. The summed E-state index contributed by atoms with van der Waals surface area (Å²) < 4.78 is 6.51. The summed E-state index contributed by atoms with van der Waals surface area (Å²) in [5, 5.41) is 4.73. The molecule has 1 aliphatic rings. The fraction of sp³-hybridized carbons (Fsp3) is 0.438. The van der Waals surface area contributed by atoms with E-state index in [1.54, 1.807) is 0 Å². The molecule has 0 aliphatic carbocycles. The molecule has 2 atom stereocenters. The predicted octanol–water partition coefficient (Wildman–Crippen LogP) is 3.16. The van der Waals surface area contributed by atoms with Crippen LogP contribution in [0.3, 0.4) is 0 Å². The second-order valence-corrected chi connectivity index (χ2v) is 6.75. The van der Waals surface area contributed by atoms with Gasteiger partial charge < -0.3 is 15.8 Å². The van der Waals surface area contributed by atoms with Crippen LogP contribution in [-0.4, -0.2) is 30.3 Å². The Balaban J connectivity index is 1.96. The van der Waals surface area contributed by atoms with Crippen LogP contribution in [0, 0.1) is 5.92 Å². The highest BCUT2D eigenvalue weighted by atomic mass is 79.9. The van der Waals surface area contributed by atoms with E-state index >= 15 is 0 Å². The fourth-order valence-electron chi connectivity index (χ4n) is 2.90. The zero-order chi connectivity index (χ0) is 14.9. The number of nitrogens with one attached hydrogen (secondary N) is 1. The van der Waals surface area contributed by atoms with E-state index in [-0.39, 0.29) is 5.54 Å². The lowest BCUT2D eigenvalue weighted by atomic mass is 9.84. The van der Waals surface area contributed by atoms with E-state index in [0.29, 0.717) is 12.5 Å². The summed E-state index contributed by atoms with van der Waals surface area (Å²) >= 11 is 3.47. The van der Waals surface area contributed by atoms with E-state index in [1.807, 2.05) is 12.3 Å². The molecule has 3 N–H and O–H groups in total. The first kappa shape index (κ1) is 14.8. The van der Waals surface area contributed by atoms with Gasteiger partial charge in [-0.1, -0.05) is 12.1 Å². The lowest BCUT2D eigenvalue weighted by molar-refractivity contribution is 0.172. The van der Waals surface area contributed by atoms with Crippen molar-refractivity contribution in [2.75, 3.05) is 25.1 Å². The summed E-state index contributed by atoms with van der Waals surface area (Å²) in [5.41, 5.74) is 7.88. The van der Waals surface area contributed by atoms with Crippen LogP contribution in [0.5, 0.6) is 0 Å². The molecule has 1 aliphatic heterocycles. The Hall–Kier alpha value is -1.17. The molecular weight excluding hydrogens is 330 g/mol. The highest BCUT2D eigenvalue weighted by molar-refractivity contribution is 9.10. The number of hydrogen-bond acceptors (Lipinski definition) is 4. The van der Waals surface area contributed by atoms with Gasteiger partial charge in [-0.05, 0) is 41.4 Å². The minimum absolute atomic E-state index is 0.181. The second kappa shape index (κ2) is 5.91. The Morgan fingerprint density at radius 1 is 1.52 bits per heavy atom. The van der Waals surface area contributed by atoms with Gasteiger partial charge in [-0.15, -0.1) is 0 Å². The number of ether oxygens (including phenoxy) is 1. The van der Waals surface area contributed by atoms with Gasteiger partial charge in [-0.3, -0.25) is 4.98 Å². The SMILES string of the molecule is CC(CN)(Nc1cccc2cc(Br)cnc12)C1CCOC1. The van der Waals surface area contributed by atoms with Crippen molar-refractivity contribution in [2.45, 2.75) is 18.9 Å². The summed E-state index contributed by atoms with van der Waals surface area (Å²) in [6.07, 6.45) is 2.87. The Kier molecular flexibility index (Phi) is 4.15. The first-order chi connectivity index (χ1) is 10.1. The summed E-state index contributed by atoms with van der Waals surface area (Å²) in [6.45, 7) is 4.32. The molecular formula is C16H20BrN3O. The van der Waals surface area contributed by atoms with E-state index in [9.17, 15) is 0 Å². The molecule has 1 aromatic carbocycles. The maximum atomic E-state index is 6.06. The number of aromatic nitrogens is 1. The largest absolute Gasteiger partial charge is 0.381 e. The van der Waals surface area contributed by atoms with Crippen LogP contribution in [0.15, 0.2) is 34.9 Å². The number of fused-ring (bicyclic) bond motifs is 1. The topological polar surface area (TPSA) is 60.2 Å². The zero-order valence-electron chi connectivity index (χ0n) is 12.1. The molecule has 1 saturated heterocycles. The van der Waals surface area contributed by atoms with E-state index in [2.05, 4.69) is 51.4 Å². The minimum Gasteiger partial charge on any atom is -0.381 e. The smallest absolute Gasteiger partial charge is 0.0934 e. The second-order valence-electron chi connectivity index (χ2n) is 5.84. The molecule has 112 valence electrons. The van der Waals surface area contributed by atoms with Gasteiger partial charge in [0.25, 0.3) is 0 Å². The lowest BCUT2D eigenvalue weighted by Crippen LogP contribution is -2.49. The molecule has 2 unspecified atom stereocenters. The molecule has 3 rings (SSSR count). The van der Waals surface area contributed by atoms with Gasteiger partial charge in [0.2, 0.25) is 0 Å². The highest BCUT2D eigenvalue weighted by Crippen LogP contribution is 2.32. The standard InChI is InChI=1S/C16H20BrN3O/c1-16(10-18,12-5-6-21-9-12)20-14-4-2-3-11-7-13(17)8-19-15(11)14/h2-4,7-8,12,20H,5-6,9-10,18H2,1H3. The van der Waals surface area contributed by atoms with Gasteiger partial charge in [0.15, 0.2) is 0 Å². The molecule has 0 radical (unpaired) electrons. The van der Waals surface area contributed by atoms with Crippen molar-refractivity contribution >= 4 is 32.5 Å².